The van der Waals surface area contributed by atoms with E-state index in [4.69, 9.17) is 10.8 Å². The molecule has 2 rings (SSSR count). The molecule has 0 saturated heterocycles. The zero-order valence-electron chi connectivity index (χ0n) is 9.83. The van der Waals surface area contributed by atoms with Gasteiger partial charge in [-0.1, -0.05) is 24.3 Å². The van der Waals surface area contributed by atoms with Crippen molar-refractivity contribution < 1.29 is 18.3 Å². The predicted octanol–water partition coefficient (Wildman–Crippen LogP) is 0.785. The SMILES string of the molecule is Nc1ccc(S(=O)(=O)NCC(=O)O)c2ccccc12. The number of aliphatic carboxylic acids is 1. The number of nitrogens with two attached hydrogens (primary N) is 1. The van der Waals surface area contributed by atoms with Gasteiger partial charge in [0.25, 0.3) is 0 Å². The maximum atomic E-state index is 12.0. The van der Waals surface area contributed by atoms with Crippen LogP contribution in [0.2, 0.25) is 0 Å². The molecule has 0 heterocycles. The molecule has 0 spiro atoms. The number of rotatable bonds is 4. The smallest absolute Gasteiger partial charge is 0.318 e. The topological polar surface area (TPSA) is 109 Å². The number of carboxylic acid groups (broad SMARTS) is 1. The lowest BCUT2D eigenvalue weighted by molar-refractivity contribution is -0.135. The van der Waals surface area contributed by atoms with Crippen LogP contribution in [0.1, 0.15) is 0 Å². The quantitative estimate of drug-likeness (QED) is 0.717. The van der Waals surface area contributed by atoms with E-state index in [9.17, 15) is 13.2 Å². The Bertz CT molecular complexity index is 740. The summed E-state index contributed by atoms with van der Waals surface area (Å²) < 4.78 is 26.1. The van der Waals surface area contributed by atoms with Gasteiger partial charge in [0, 0.05) is 16.5 Å². The summed E-state index contributed by atoms with van der Waals surface area (Å²) >= 11 is 0. The summed E-state index contributed by atoms with van der Waals surface area (Å²) in [4.78, 5) is 10.5. The van der Waals surface area contributed by atoms with Crippen LogP contribution in [-0.2, 0) is 14.8 Å². The maximum Gasteiger partial charge on any atom is 0.318 e. The van der Waals surface area contributed by atoms with E-state index < -0.39 is 22.5 Å². The minimum Gasteiger partial charge on any atom is -0.480 e. The molecule has 0 aliphatic rings. The highest BCUT2D eigenvalue weighted by atomic mass is 32.2. The summed E-state index contributed by atoms with van der Waals surface area (Å²) in [5, 5.41) is 9.60. The molecule has 0 aliphatic heterocycles. The predicted molar refractivity (Wildman–Crippen MR) is 71.2 cm³/mol. The first-order valence-electron chi connectivity index (χ1n) is 5.40. The van der Waals surface area contributed by atoms with E-state index in [0.717, 1.165) is 0 Å². The zero-order chi connectivity index (χ0) is 14.0. The third-order valence-electron chi connectivity index (χ3n) is 2.62. The Hall–Kier alpha value is -2.12. The fourth-order valence-electron chi connectivity index (χ4n) is 1.76. The van der Waals surface area contributed by atoms with Crippen LogP contribution in [0.15, 0.2) is 41.3 Å². The number of nitrogens with one attached hydrogen (secondary N) is 1. The fourth-order valence-corrected chi connectivity index (χ4v) is 2.95. The van der Waals surface area contributed by atoms with Gasteiger partial charge < -0.3 is 10.8 Å². The largest absolute Gasteiger partial charge is 0.480 e. The molecule has 100 valence electrons. The molecule has 4 N–H and O–H groups in total. The average molecular weight is 280 g/mol. The lowest BCUT2D eigenvalue weighted by Gasteiger charge is -2.09. The first-order valence-corrected chi connectivity index (χ1v) is 6.89. The minimum atomic E-state index is -3.89. The van der Waals surface area contributed by atoms with Crippen molar-refractivity contribution in [1.29, 1.82) is 0 Å². The van der Waals surface area contributed by atoms with Crippen molar-refractivity contribution in [1.82, 2.24) is 4.72 Å². The van der Waals surface area contributed by atoms with Crippen LogP contribution in [0.3, 0.4) is 0 Å². The summed E-state index contributed by atoms with van der Waals surface area (Å²) in [6.07, 6.45) is 0. The van der Waals surface area contributed by atoms with Crippen molar-refractivity contribution in [2.24, 2.45) is 0 Å². The monoisotopic (exact) mass is 280 g/mol. The van der Waals surface area contributed by atoms with Gasteiger partial charge in [-0.05, 0) is 12.1 Å². The van der Waals surface area contributed by atoms with Gasteiger partial charge in [0.2, 0.25) is 10.0 Å². The van der Waals surface area contributed by atoms with Crippen molar-refractivity contribution in [2.45, 2.75) is 4.90 Å². The zero-order valence-corrected chi connectivity index (χ0v) is 10.6. The Labute approximate surface area is 109 Å². The van der Waals surface area contributed by atoms with E-state index >= 15 is 0 Å². The van der Waals surface area contributed by atoms with E-state index in [-0.39, 0.29) is 4.90 Å². The van der Waals surface area contributed by atoms with Crippen LogP contribution in [0.25, 0.3) is 10.8 Å². The molecule has 0 fully saturated rings. The molecule has 2 aromatic rings. The molecular weight excluding hydrogens is 268 g/mol. The van der Waals surface area contributed by atoms with E-state index in [1.54, 1.807) is 24.3 Å². The molecule has 0 atom stereocenters. The lowest BCUT2D eigenvalue weighted by Crippen LogP contribution is -2.29. The maximum absolute atomic E-state index is 12.0. The minimum absolute atomic E-state index is 0.0125. The Balaban J connectivity index is 2.57. The second-order valence-corrected chi connectivity index (χ2v) is 5.65. The first kappa shape index (κ1) is 13.3. The number of nitrogen functional groups attached to an aromatic ring is 1. The summed E-state index contributed by atoms with van der Waals surface area (Å²) in [6, 6.07) is 9.62. The van der Waals surface area contributed by atoms with Gasteiger partial charge in [-0.25, -0.2) is 8.42 Å². The number of anilines is 1. The van der Waals surface area contributed by atoms with Crippen LogP contribution in [0.4, 0.5) is 5.69 Å². The van der Waals surface area contributed by atoms with Crippen molar-refractivity contribution in [3.8, 4) is 0 Å². The van der Waals surface area contributed by atoms with Gasteiger partial charge in [-0.2, -0.15) is 4.72 Å². The van der Waals surface area contributed by atoms with Gasteiger partial charge in [-0.15, -0.1) is 0 Å². The molecule has 7 heteroatoms. The summed E-state index contributed by atoms with van der Waals surface area (Å²) in [7, 11) is -3.89. The second-order valence-electron chi connectivity index (χ2n) is 3.92. The summed E-state index contributed by atoms with van der Waals surface area (Å²) in [5.41, 5.74) is 6.25. The fraction of sp³-hybridized carbons (Fsp3) is 0.0833. The third-order valence-corrected chi connectivity index (χ3v) is 4.08. The number of sulfonamides is 1. The van der Waals surface area contributed by atoms with E-state index in [1.165, 1.54) is 12.1 Å². The van der Waals surface area contributed by atoms with Gasteiger partial charge in [0.15, 0.2) is 0 Å². The van der Waals surface area contributed by atoms with Crippen molar-refractivity contribution in [3.63, 3.8) is 0 Å². The standard InChI is InChI=1S/C12H12N2O4S/c13-10-5-6-11(9-4-2-1-3-8(9)10)19(17,18)14-7-12(15)16/h1-6,14H,7,13H2,(H,15,16). The average Bonchev–Trinajstić information content (AvgIpc) is 2.37. The molecule has 0 amide bonds. The number of carbonyl (C=O) groups is 1. The molecule has 0 saturated carbocycles. The van der Waals surface area contributed by atoms with Gasteiger partial charge in [0.05, 0.1) is 4.90 Å². The molecule has 6 nitrogen and oxygen atoms in total. The normalized spacial score (nSPS) is 11.6. The highest BCUT2D eigenvalue weighted by molar-refractivity contribution is 7.89. The number of hydrogen-bond acceptors (Lipinski definition) is 4. The van der Waals surface area contributed by atoms with Gasteiger partial charge in [-0.3, -0.25) is 4.79 Å². The Morgan fingerprint density at radius 1 is 1.16 bits per heavy atom. The number of hydrogen-bond donors (Lipinski definition) is 3. The van der Waals surface area contributed by atoms with Crippen LogP contribution >= 0.6 is 0 Å². The molecule has 2 aromatic carbocycles. The number of carboxylic acids is 1. The molecule has 19 heavy (non-hydrogen) atoms. The highest BCUT2D eigenvalue weighted by Gasteiger charge is 2.18. The van der Waals surface area contributed by atoms with E-state index in [0.29, 0.717) is 16.5 Å². The van der Waals surface area contributed by atoms with Gasteiger partial charge >= 0.3 is 5.97 Å². The third kappa shape index (κ3) is 2.67. The number of benzene rings is 2. The molecule has 0 unspecified atom stereocenters. The lowest BCUT2D eigenvalue weighted by atomic mass is 10.1. The highest BCUT2D eigenvalue weighted by Crippen LogP contribution is 2.27. The van der Waals surface area contributed by atoms with E-state index in [2.05, 4.69) is 0 Å². The van der Waals surface area contributed by atoms with E-state index in [1.807, 2.05) is 4.72 Å². The summed E-state index contributed by atoms with van der Waals surface area (Å²) in [5.74, 6) is -1.25. The Kier molecular flexibility index (Phi) is 3.41. The van der Waals surface area contributed by atoms with Crippen LogP contribution < -0.4 is 10.5 Å². The van der Waals surface area contributed by atoms with Crippen LogP contribution in [0.5, 0.6) is 0 Å². The molecule has 0 radical (unpaired) electrons. The summed E-state index contributed by atoms with van der Waals surface area (Å²) in [6.45, 7) is -0.666. The molecule has 0 bridgehead atoms. The van der Waals surface area contributed by atoms with Crippen molar-refractivity contribution in [3.05, 3.63) is 36.4 Å². The molecule has 0 aliphatic carbocycles. The molecule has 0 aromatic heterocycles. The Morgan fingerprint density at radius 2 is 1.79 bits per heavy atom. The van der Waals surface area contributed by atoms with Crippen molar-refractivity contribution >= 4 is 32.5 Å². The first-order chi connectivity index (χ1) is 8.92. The van der Waals surface area contributed by atoms with Gasteiger partial charge in [0.1, 0.15) is 6.54 Å². The Morgan fingerprint density at radius 3 is 2.42 bits per heavy atom. The number of fused-ring (bicyclic) bond motifs is 1. The second kappa shape index (κ2) is 4.87. The van der Waals surface area contributed by atoms with Crippen LogP contribution in [-0.4, -0.2) is 26.0 Å². The van der Waals surface area contributed by atoms with Crippen molar-refractivity contribution in [2.75, 3.05) is 12.3 Å². The molecular formula is C12H12N2O4S. The van der Waals surface area contributed by atoms with Crippen LogP contribution in [0, 0.1) is 0 Å².